The van der Waals surface area contributed by atoms with Gasteiger partial charge >= 0.3 is 0 Å². The largest absolute Gasteiger partial charge is 0.493 e. The molecule has 0 spiro atoms. The highest BCUT2D eigenvalue weighted by Gasteiger charge is 2.34. The number of hydrogen-bond donors (Lipinski definition) is 0. The summed E-state index contributed by atoms with van der Waals surface area (Å²) in [7, 11) is 23.3. The van der Waals surface area contributed by atoms with Gasteiger partial charge in [0.15, 0.2) is 57.5 Å². The van der Waals surface area contributed by atoms with Crippen LogP contribution in [-0.2, 0) is 0 Å². The number of methoxy groups -OCH3 is 15. The number of rotatable bonds is 21. The van der Waals surface area contributed by atoms with Gasteiger partial charge in [-0.25, -0.2) is 9.97 Å². The van der Waals surface area contributed by atoms with Crippen molar-refractivity contribution < 1.29 is 71.1 Å². The van der Waals surface area contributed by atoms with Crippen molar-refractivity contribution in [1.82, 2.24) is 9.97 Å². The molecule has 0 amide bonds. The summed E-state index contributed by atoms with van der Waals surface area (Å²) in [4.78, 5) is 9.23. The van der Waals surface area contributed by atoms with Crippen LogP contribution in [-0.4, -0.2) is 117 Å². The van der Waals surface area contributed by atoms with Gasteiger partial charge in [0.1, 0.15) is 6.33 Å². The Labute approximate surface area is 418 Å². The number of aromatic nitrogens is 2. The van der Waals surface area contributed by atoms with Crippen LogP contribution >= 0.6 is 0 Å². The van der Waals surface area contributed by atoms with Gasteiger partial charge in [0.25, 0.3) is 0 Å². The Hall–Kier alpha value is -8.60. The van der Waals surface area contributed by atoms with Crippen LogP contribution in [0.3, 0.4) is 0 Å². The Bertz CT molecular complexity index is 2810. The molecule has 0 aliphatic carbocycles. The average Bonchev–Trinajstić information content (AvgIpc) is 3.44. The summed E-state index contributed by atoms with van der Waals surface area (Å²) >= 11 is 0. The van der Waals surface area contributed by atoms with E-state index in [0.29, 0.717) is 153 Å². The molecule has 378 valence electrons. The fraction of sp³-hybridized carbons (Fsp3) is 0.273. The second-order valence-corrected chi connectivity index (χ2v) is 15.4. The van der Waals surface area contributed by atoms with Gasteiger partial charge in [0, 0.05) is 23.5 Å². The van der Waals surface area contributed by atoms with Crippen LogP contribution in [0.25, 0.3) is 66.8 Å². The standard InChI is InChI=1S/C55H58N2O15/c1-58-35-16-29(17-36(59-2)51(35)68-11)45-46(30-18-37(60-3)52(69-12)38(19-30)61-4)48(32-22-41(64-7)54(71-14)42(23-32)65-8)50(34-26-56-28-57-27-34)49(33-24-43(66-9)55(72-15)44(25-33)67-10)47(45)31-20-39(62-5)53(70-13)40(21-31)63-6/h16-28H,1-15H3. The fourth-order valence-electron chi connectivity index (χ4n) is 9.04. The van der Waals surface area contributed by atoms with Crippen LogP contribution in [0.2, 0.25) is 0 Å². The van der Waals surface area contributed by atoms with E-state index in [4.69, 9.17) is 71.1 Å². The minimum Gasteiger partial charge on any atom is -0.493 e. The van der Waals surface area contributed by atoms with Crippen LogP contribution in [0, 0.1) is 0 Å². The zero-order valence-electron chi connectivity index (χ0n) is 43.0. The third-order valence-electron chi connectivity index (χ3n) is 12.1. The minimum atomic E-state index is 0.361. The van der Waals surface area contributed by atoms with E-state index in [0.717, 1.165) is 0 Å². The third kappa shape index (κ3) is 9.04. The van der Waals surface area contributed by atoms with Crippen LogP contribution in [0.1, 0.15) is 0 Å². The summed E-state index contributed by atoms with van der Waals surface area (Å²) in [6.07, 6.45) is 4.94. The van der Waals surface area contributed by atoms with Gasteiger partial charge in [0.05, 0.1) is 107 Å². The van der Waals surface area contributed by atoms with E-state index in [1.165, 1.54) is 6.33 Å². The van der Waals surface area contributed by atoms with Crippen molar-refractivity contribution in [3.63, 3.8) is 0 Å². The van der Waals surface area contributed by atoms with Crippen molar-refractivity contribution in [2.75, 3.05) is 107 Å². The summed E-state index contributed by atoms with van der Waals surface area (Å²) in [6.45, 7) is 0. The van der Waals surface area contributed by atoms with E-state index in [1.807, 2.05) is 60.7 Å². The van der Waals surface area contributed by atoms with Crippen molar-refractivity contribution in [2.45, 2.75) is 0 Å². The number of nitrogens with zero attached hydrogens (tertiary/aromatic N) is 2. The Morgan fingerprint density at radius 3 is 0.500 bits per heavy atom. The Morgan fingerprint density at radius 2 is 0.361 bits per heavy atom. The van der Waals surface area contributed by atoms with Crippen LogP contribution in [0.15, 0.2) is 79.4 Å². The molecule has 0 saturated heterocycles. The lowest BCUT2D eigenvalue weighted by atomic mass is 9.74. The normalized spacial score (nSPS) is 10.7. The lowest BCUT2D eigenvalue weighted by Crippen LogP contribution is -2.06. The molecular formula is C55H58N2O15. The van der Waals surface area contributed by atoms with E-state index in [1.54, 1.807) is 119 Å². The van der Waals surface area contributed by atoms with E-state index in [9.17, 15) is 0 Å². The molecule has 1 heterocycles. The highest BCUT2D eigenvalue weighted by molar-refractivity contribution is 6.16. The van der Waals surface area contributed by atoms with E-state index >= 15 is 0 Å². The molecule has 7 aromatic rings. The molecular weight excluding hydrogens is 929 g/mol. The topological polar surface area (TPSA) is 164 Å². The van der Waals surface area contributed by atoms with Crippen molar-refractivity contribution in [3.8, 4) is 153 Å². The zero-order valence-corrected chi connectivity index (χ0v) is 43.0. The zero-order chi connectivity index (χ0) is 51.8. The van der Waals surface area contributed by atoms with Crippen LogP contribution < -0.4 is 71.1 Å². The van der Waals surface area contributed by atoms with Gasteiger partial charge in [-0.05, 0) is 116 Å². The molecule has 0 radical (unpaired) electrons. The summed E-state index contributed by atoms with van der Waals surface area (Å²) < 4.78 is 90.5. The molecule has 0 unspecified atom stereocenters. The third-order valence-corrected chi connectivity index (χ3v) is 12.1. The maximum Gasteiger partial charge on any atom is 0.203 e. The van der Waals surface area contributed by atoms with Gasteiger partial charge in [-0.3, -0.25) is 0 Å². The molecule has 17 heteroatoms. The number of benzene rings is 6. The molecule has 72 heavy (non-hydrogen) atoms. The molecule has 0 saturated carbocycles. The lowest BCUT2D eigenvalue weighted by Gasteiger charge is -2.30. The predicted octanol–water partition coefficient (Wildman–Crippen LogP) is 10.6. The highest BCUT2D eigenvalue weighted by Crippen LogP contribution is 2.61. The van der Waals surface area contributed by atoms with Crippen molar-refractivity contribution in [1.29, 1.82) is 0 Å². The van der Waals surface area contributed by atoms with Crippen molar-refractivity contribution in [3.05, 3.63) is 79.4 Å². The average molecular weight is 987 g/mol. The SMILES string of the molecule is COc1cc(-c2c(-c3cncnc3)c(-c3cc(OC)c(OC)c(OC)c3)c(-c3cc(OC)c(OC)c(OC)c3)c(-c3cc(OC)c(OC)c(OC)c3)c2-c2cc(OC)c(OC)c(OC)c2)cc(OC)c1OC. The minimum absolute atomic E-state index is 0.361. The van der Waals surface area contributed by atoms with Gasteiger partial charge < -0.3 is 71.1 Å². The summed E-state index contributed by atoms with van der Waals surface area (Å²) in [5.74, 6) is 5.50. The molecule has 0 fully saturated rings. The lowest BCUT2D eigenvalue weighted by molar-refractivity contribution is 0.324. The van der Waals surface area contributed by atoms with E-state index in [2.05, 4.69) is 9.97 Å². The van der Waals surface area contributed by atoms with E-state index in [-0.39, 0.29) is 0 Å². The van der Waals surface area contributed by atoms with Crippen LogP contribution in [0.5, 0.6) is 86.2 Å². The Morgan fingerprint density at radius 1 is 0.208 bits per heavy atom. The summed E-state index contributed by atoms with van der Waals surface area (Å²) in [5, 5.41) is 0. The highest BCUT2D eigenvalue weighted by atomic mass is 16.6. The Kier molecular flexibility index (Phi) is 16.0. The summed E-state index contributed by atoms with van der Waals surface area (Å²) in [5.41, 5.74) is 7.24. The van der Waals surface area contributed by atoms with Crippen LogP contribution in [0.4, 0.5) is 0 Å². The Balaban J connectivity index is 2.00. The first-order chi connectivity index (χ1) is 35.0. The van der Waals surface area contributed by atoms with Gasteiger partial charge in [-0.1, -0.05) is 0 Å². The number of hydrogen-bond acceptors (Lipinski definition) is 17. The quantitative estimate of drug-likeness (QED) is 0.0667. The monoisotopic (exact) mass is 986 g/mol. The molecule has 1 aromatic heterocycles. The van der Waals surface area contributed by atoms with Gasteiger partial charge in [0.2, 0.25) is 28.7 Å². The first kappa shape index (κ1) is 51.3. The maximum absolute atomic E-state index is 6.11. The summed E-state index contributed by atoms with van der Waals surface area (Å²) in [6, 6.07) is 18.8. The van der Waals surface area contributed by atoms with E-state index < -0.39 is 0 Å². The first-order valence-corrected chi connectivity index (χ1v) is 22.1. The second-order valence-electron chi connectivity index (χ2n) is 15.4. The van der Waals surface area contributed by atoms with Gasteiger partial charge in [-0.15, -0.1) is 0 Å². The van der Waals surface area contributed by atoms with Crippen molar-refractivity contribution >= 4 is 0 Å². The predicted molar refractivity (Wildman–Crippen MR) is 273 cm³/mol. The smallest absolute Gasteiger partial charge is 0.203 e. The molecule has 0 aliphatic heterocycles. The molecule has 0 N–H and O–H groups in total. The molecule has 0 atom stereocenters. The number of ether oxygens (including phenoxy) is 15. The fourth-order valence-corrected chi connectivity index (χ4v) is 9.04. The van der Waals surface area contributed by atoms with Crippen molar-refractivity contribution in [2.24, 2.45) is 0 Å². The van der Waals surface area contributed by atoms with Gasteiger partial charge in [-0.2, -0.15) is 0 Å². The first-order valence-electron chi connectivity index (χ1n) is 22.1. The molecule has 0 bridgehead atoms. The molecule has 6 aromatic carbocycles. The molecule has 17 nitrogen and oxygen atoms in total. The second kappa shape index (κ2) is 22.4. The molecule has 0 aliphatic rings. The maximum atomic E-state index is 6.11. The molecule has 7 rings (SSSR count).